The second-order valence-electron chi connectivity index (χ2n) is 7.03. The largest absolute Gasteiger partial charge is 0.452 e. The number of amides is 2. The Morgan fingerprint density at radius 1 is 1.13 bits per heavy atom. The van der Waals surface area contributed by atoms with Crippen LogP contribution in [-0.4, -0.2) is 35.9 Å². The molecule has 0 aliphatic rings. The second kappa shape index (κ2) is 11.1. The van der Waals surface area contributed by atoms with Crippen molar-refractivity contribution in [2.24, 2.45) is 5.92 Å². The van der Waals surface area contributed by atoms with Crippen LogP contribution in [0.15, 0.2) is 42.5 Å². The fourth-order valence-corrected chi connectivity index (χ4v) is 2.78. The molecule has 9 nitrogen and oxygen atoms in total. The zero-order valence-electron chi connectivity index (χ0n) is 17.0. The Hall–Kier alpha value is -3.46. The molecule has 164 valence electrons. The van der Waals surface area contributed by atoms with Gasteiger partial charge in [-0.3, -0.25) is 19.7 Å². The lowest BCUT2D eigenvalue weighted by Gasteiger charge is -2.12. The number of halogens is 1. The van der Waals surface area contributed by atoms with Gasteiger partial charge in [-0.25, -0.2) is 4.79 Å². The third-order valence-electron chi connectivity index (χ3n) is 4.18. The molecule has 0 aliphatic carbocycles. The molecular weight excluding hydrogens is 426 g/mol. The number of ether oxygens (including phenoxy) is 1. The molecule has 2 amide bonds. The summed E-state index contributed by atoms with van der Waals surface area (Å²) in [5, 5.41) is 15.9. The highest BCUT2D eigenvalue weighted by atomic mass is 35.5. The van der Waals surface area contributed by atoms with Gasteiger partial charge in [0.15, 0.2) is 6.61 Å². The number of carbonyl (C=O) groups is 3. The predicted octanol–water partition coefficient (Wildman–Crippen LogP) is 3.82. The van der Waals surface area contributed by atoms with Crippen molar-refractivity contribution in [2.45, 2.75) is 20.3 Å². The topological polar surface area (TPSA) is 128 Å². The van der Waals surface area contributed by atoms with Gasteiger partial charge in [0.05, 0.1) is 26.8 Å². The monoisotopic (exact) mass is 447 g/mol. The lowest BCUT2D eigenvalue weighted by molar-refractivity contribution is -0.384. The lowest BCUT2D eigenvalue weighted by atomic mass is 10.1. The van der Waals surface area contributed by atoms with Gasteiger partial charge in [-0.15, -0.1) is 0 Å². The number of esters is 1. The number of rotatable bonds is 9. The van der Waals surface area contributed by atoms with Crippen molar-refractivity contribution in [3.63, 3.8) is 0 Å². The van der Waals surface area contributed by atoms with Crippen LogP contribution >= 0.6 is 11.6 Å². The molecule has 2 aromatic rings. The number of nitrogens with zero attached hydrogens (tertiary/aromatic N) is 1. The van der Waals surface area contributed by atoms with Crippen LogP contribution in [0.5, 0.6) is 0 Å². The number of nitro groups is 1. The third-order valence-corrected chi connectivity index (χ3v) is 4.49. The van der Waals surface area contributed by atoms with Gasteiger partial charge in [-0.1, -0.05) is 37.6 Å². The van der Waals surface area contributed by atoms with Gasteiger partial charge in [0.1, 0.15) is 0 Å². The summed E-state index contributed by atoms with van der Waals surface area (Å²) < 4.78 is 5.04. The number of non-ortho nitro benzene ring substituents is 1. The van der Waals surface area contributed by atoms with Crippen LogP contribution in [0.4, 0.5) is 11.4 Å². The fourth-order valence-electron chi connectivity index (χ4n) is 2.52. The molecule has 0 unspecified atom stereocenters. The average Bonchev–Trinajstić information content (AvgIpc) is 2.71. The molecule has 0 heterocycles. The van der Waals surface area contributed by atoms with E-state index in [0.29, 0.717) is 12.5 Å². The molecule has 0 aromatic heterocycles. The summed E-state index contributed by atoms with van der Waals surface area (Å²) in [5.41, 5.74) is -0.0619. The van der Waals surface area contributed by atoms with Crippen molar-refractivity contribution in [1.82, 2.24) is 5.32 Å². The van der Waals surface area contributed by atoms with E-state index in [1.165, 1.54) is 18.2 Å². The standard InChI is InChI=1S/C21H22ClN3O6/c1-13(2)9-10-23-19(26)12-31-21(28)16-5-3-4-6-18(16)24-20(27)15-8-7-14(25(29)30)11-17(15)22/h3-8,11,13H,9-10,12H2,1-2H3,(H,23,26)(H,24,27). The lowest BCUT2D eigenvalue weighted by Crippen LogP contribution is -2.30. The van der Waals surface area contributed by atoms with Gasteiger partial charge in [0.2, 0.25) is 0 Å². The maximum atomic E-state index is 12.5. The highest BCUT2D eigenvalue weighted by Crippen LogP contribution is 2.24. The first-order chi connectivity index (χ1) is 14.7. The molecule has 0 fully saturated rings. The van der Waals surface area contributed by atoms with Crippen LogP contribution in [-0.2, 0) is 9.53 Å². The fraction of sp³-hybridized carbons (Fsp3) is 0.286. The van der Waals surface area contributed by atoms with Gasteiger partial charge in [-0.2, -0.15) is 0 Å². The third kappa shape index (κ3) is 7.07. The minimum absolute atomic E-state index is 0.0000302. The molecule has 0 radical (unpaired) electrons. The Balaban J connectivity index is 2.04. The van der Waals surface area contributed by atoms with Crippen LogP contribution in [0.2, 0.25) is 5.02 Å². The Bertz CT molecular complexity index is 993. The van der Waals surface area contributed by atoms with Gasteiger partial charge < -0.3 is 15.4 Å². The summed E-state index contributed by atoms with van der Waals surface area (Å²) in [5.74, 6) is -1.44. The number of anilines is 1. The normalized spacial score (nSPS) is 10.5. The molecule has 0 saturated heterocycles. The number of benzene rings is 2. The summed E-state index contributed by atoms with van der Waals surface area (Å²) in [4.78, 5) is 46.9. The molecule has 0 spiro atoms. The van der Waals surface area contributed by atoms with Crippen molar-refractivity contribution in [1.29, 1.82) is 0 Å². The van der Waals surface area contributed by atoms with E-state index < -0.39 is 29.3 Å². The summed E-state index contributed by atoms with van der Waals surface area (Å²) in [6.45, 7) is 4.09. The molecule has 0 saturated carbocycles. The summed E-state index contributed by atoms with van der Waals surface area (Å²) >= 11 is 5.98. The molecule has 2 aromatic carbocycles. The van der Waals surface area contributed by atoms with Crippen LogP contribution in [0.1, 0.15) is 41.0 Å². The first kappa shape index (κ1) is 23.8. The van der Waals surface area contributed by atoms with Crippen LogP contribution < -0.4 is 10.6 Å². The van der Waals surface area contributed by atoms with Crippen LogP contribution in [0.3, 0.4) is 0 Å². The van der Waals surface area contributed by atoms with Gasteiger partial charge >= 0.3 is 5.97 Å². The SMILES string of the molecule is CC(C)CCNC(=O)COC(=O)c1ccccc1NC(=O)c1ccc([N+](=O)[O-])cc1Cl. The maximum absolute atomic E-state index is 12.5. The molecule has 2 rings (SSSR count). The van der Waals surface area contributed by atoms with E-state index in [0.717, 1.165) is 18.6 Å². The van der Waals surface area contributed by atoms with E-state index in [4.69, 9.17) is 16.3 Å². The van der Waals surface area contributed by atoms with E-state index in [9.17, 15) is 24.5 Å². The van der Waals surface area contributed by atoms with Crippen molar-refractivity contribution in [3.05, 3.63) is 68.7 Å². The molecule has 2 N–H and O–H groups in total. The first-order valence-corrected chi connectivity index (χ1v) is 9.85. The molecule has 10 heteroatoms. The second-order valence-corrected chi connectivity index (χ2v) is 7.44. The zero-order chi connectivity index (χ0) is 23.0. The maximum Gasteiger partial charge on any atom is 0.340 e. The van der Waals surface area contributed by atoms with Crippen molar-refractivity contribution in [2.75, 3.05) is 18.5 Å². The van der Waals surface area contributed by atoms with E-state index in [2.05, 4.69) is 10.6 Å². The Kier molecular flexibility index (Phi) is 8.51. The number of para-hydroxylation sites is 1. The number of hydrogen-bond acceptors (Lipinski definition) is 6. The van der Waals surface area contributed by atoms with E-state index in [1.807, 2.05) is 13.8 Å². The van der Waals surface area contributed by atoms with Crippen molar-refractivity contribution in [3.8, 4) is 0 Å². The average molecular weight is 448 g/mol. The highest BCUT2D eigenvalue weighted by Gasteiger charge is 2.19. The number of carbonyl (C=O) groups excluding carboxylic acids is 3. The van der Waals surface area contributed by atoms with Gasteiger partial charge in [0, 0.05) is 18.7 Å². The van der Waals surface area contributed by atoms with Crippen LogP contribution in [0, 0.1) is 16.0 Å². The number of nitro benzene ring substituents is 1. The van der Waals surface area contributed by atoms with Gasteiger partial charge in [-0.05, 0) is 30.5 Å². The first-order valence-electron chi connectivity index (χ1n) is 9.47. The van der Waals surface area contributed by atoms with Crippen LogP contribution in [0.25, 0.3) is 0 Å². The predicted molar refractivity (Wildman–Crippen MR) is 115 cm³/mol. The summed E-state index contributed by atoms with van der Waals surface area (Å²) in [6.07, 6.45) is 0.805. The Morgan fingerprint density at radius 2 is 1.84 bits per heavy atom. The van der Waals surface area contributed by atoms with Gasteiger partial charge in [0.25, 0.3) is 17.5 Å². The number of hydrogen-bond donors (Lipinski definition) is 2. The Morgan fingerprint density at radius 3 is 2.48 bits per heavy atom. The minimum Gasteiger partial charge on any atom is -0.452 e. The highest BCUT2D eigenvalue weighted by molar-refractivity contribution is 6.34. The zero-order valence-corrected chi connectivity index (χ0v) is 17.8. The Labute approximate surface area is 183 Å². The number of nitrogens with one attached hydrogen (secondary N) is 2. The van der Waals surface area contributed by atoms with Crippen molar-refractivity contribution >= 4 is 40.8 Å². The van der Waals surface area contributed by atoms with E-state index >= 15 is 0 Å². The molecule has 0 bridgehead atoms. The molecule has 0 aliphatic heterocycles. The molecular formula is C21H22ClN3O6. The minimum atomic E-state index is -0.787. The van der Waals surface area contributed by atoms with Crippen molar-refractivity contribution < 1.29 is 24.0 Å². The van der Waals surface area contributed by atoms with E-state index in [-0.39, 0.29) is 27.5 Å². The van der Waals surface area contributed by atoms with E-state index in [1.54, 1.807) is 12.1 Å². The molecule has 0 atom stereocenters. The summed E-state index contributed by atoms with van der Waals surface area (Å²) in [6, 6.07) is 9.53. The quantitative estimate of drug-likeness (QED) is 0.341. The smallest absolute Gasteiger partial charge is 0.340 e. The summed E-state index contributed by atoms with van der Waals surface area (Å²) in [7, 11) is 0. The molecule has 31 heavy (non-hydrogen) atoms.